The maximum absolute atomic E-state index is 10.7. The molecule has 423 valence electrons. The van der Waals surface area contributed by atoms with Crippen molar-refractivity contribution >= 4 is 39.6 Å². The topological polar surface area (TPSA) is 79.6 Å². The van der Waals surface area contributed by atoms with Crippen LogP contribution in [-0.4, -0.2) is 0 Å². The number of hydrogen-bond donors (Lipinski definition) is 0. The van der Waals surface area contributed by atoms with E-state index in [-0.39, 0.29) is 99.9 Å². The summed E-state index contributed by atoms with van der Waals surface area (Å²) in [5, 5.41) is 0. The SMILES string of the molecule is CC(C)(C)[C]1[CH][C](C(C)(C)C)[C](C(C)(C)C)[CH]1.CC(C)(C)[C]1[CH][C](C(C)(C)C)[C](C(C)(C)C)[CH]1.CC(C)(C)[C]1[CH][C](C(C)(C)C)[C](C(C)(C)C)[CH]1.F[P-](F)(F)(F)(F)F.[C-]#[O+].[C-]#[O+].[C-]#[O+].[C-]#[O+].[Fe].[Fe].[Fe].[P]1[P][P][P]1. The molecule has 0 aromatic heterocycles. The maximum atomic E-state index is 9.87. The van der Waals surface area contributed by atoms with Crippen LogP contribution in [0.15, 0.2) is 0 Å². The van der Waals surface area contributed by atoms with E-state index in [1.54, 1.807) is 31.8 Å². The zero-order chi connectivity index (χ0) is 58.2. The predicted molar refractivity (Wildman–Crippen MR) is 287 cm³/mol. The first-order chi connectivity index (χ1) is 30.4. The molecule has 0 aromatic carbocycles. The molecule has 18 heteroatoms. The van der Waals surface area contributed by atoms with Gasteiger partial charge < -0.3 is 0 Å². The van der Waals surface area contributed by atoms with Crippen LogP contribution in [0.4, 0.5) is 25.2 Å². The van der Waals surface area contributed by atoms with E-state index in [4.69, 9.17) is 18.6 Å². The molecule has 3 aliphatic carbocycles. The van der Waals surface area contributed by atoms with E-state index in [1.165, 1.54) is 53.3 Å². The summed E-state index contributed by atoms with van der Waals surface area (Å²) in [5.41, 5.74) is 2.09. The van der Waals surface area contributed by atoms with Crippen LogP contribution in [0.25, 0.3) is 0 Å². The van der Waals surface area contributed by atoms with Gasteiger partial charge in [-0.3, -0.25) is 0 Å². The molecule has 0 unspecified atom stereocenters. The molecule has 1 aliphatic heterocycles. The van der Waals surface area contributed by atoms with Crippen molar-refractivity contribution in [3.05, 3.63) is 118 Å². The van der Waals surface area contributed by atoms with Gasteiger partial charge in [0.25, 0.3) is 0 Å². The van der Waals surface area contributed by atoms with Gasteiger partial charge in [0, 0.05) is 83.0 Å². The van der Waals surface area contributed by atoms with Gasteiger partial charge in [-0.25, -0.2) is 0 Å². The predicted octanol–water partition coefficient (Wildman–Crippen LogP) is 22.5. The van der Waals surface area contributed by atoms with Crippen molar-refractivity contribution in [3.8, 4) is 0 Å². The summed E-state index contributed by atoms with van der Waals surface area (Å²) in [5.74, 6) is 13.5. The van der Waals surface area contributed by atoms with Crippen molar-refractivity contribution in [3.63, 3.8) is 0 Å². The van der Waals surface area contributed by atoms with E-state index >= 15 is 0 Å². The van der Waals surface area contributed by atoms with E-state index < -0.39 is 7.81 Å². The van der Waals surface area contributed by atoms with Crippen molar-refractivity contribution in [2.45, 2.75) is 187 Å². The summed E-state index contributed by atoms with van der Waals surface area (Å²) in [6.45, 7) is 80.2. The Morgan fingerprint density at radius 2 is 0.342 bits per heavy atom. The minimum atomic E-state index is -10.7. The first kappa shape index (κ1) is 91.7. The molecule has 0 spiro atoms. The first-order valence-corrected chi connectivity index (χ1v) is 31.0. The van der Waals surface area contributed by atoms with E-state index in [9.17, 15) is 25.2 Å². The molecule has 0 aromatic rings. The van der Waals surface area contributed by atoms with Crippen molar-refractivity contribution in [1.29, 1.82) is 0 Å². The number of rotatable bonds is 0. The molecule has 4 fully saturated rings. The van der Waals surface area contributed by atoms with E-state index in [1.807, 2.05) is 0 Å². The van der Waals surface area contributed by atoms with Gasteiger partial charge in [0.1, 0.15) is 0 Å². The van der Waals surface area contributed by atoms with Gasteiger partial charge in [0.15, 0.2) is 0 Å². The Labute approximate surface area is 485 Å². The fourth-order valence-corrected chi connectivity index (χ4v) is 9.79. The van der Waals surface area contributed by atoms with Crippen LogP contribution in [0, 0.1) is 167 Å². The molecule has 0 N–H and O–H groups in total. The largest absolute Gasteiger partial charge is 0 e. The number of halogens is 6. The minimum Gasteiger partial charge on any atom is 0 e. The van der Waals surface area contributed by atoms with Crippen LogP contribution >= 0.6 is 39.6 Å². The van der Waals surface area contributed by atoms with Gasteiger partial charge in [-0.2, -0.15) is 0 Å². The van der Waals surface area contributed by atoms with Crippen LogP contribution < -0.4 is 0 Å². The average molecular weight is 1250 g/mol. The van der Waals surface area contributed by atoms with Crippen molar-refractivity contribution in [2.24, 2.45) is 48.7 Å². The van der Waals surface area contributed by atoms with E-state index in [0.717, 1.165) is 0 Å². The fraction of sp³-hybridized carbons (Fsp3) is 0.655. The summed E-state index contributed by atoms with van der Waals surface area (Å²) in [7, 11) is -4.21. The maximum Gasteiger partial charge on any atom is 0 e. The van der Waals surface area contributed by atoms with Gasteiger partial charge in [-0.1, -0.05) is 187 Å². The van der Waals surface area contributed by atoms with Gasteiger partial charge >= 0.3 is 78.2 Å². The molecular formula is C55H87F6Fe3O4P5-. The number of hydrogen-bond acceptors (Lipinski definition) is 0. The summed E-state index contributed by atoms with van der Waals surface area (Å²) >= 11 is 0. The summed E-state index contributed by atoms with van der Waals surface area (Å²) in [6.07, 6.45) is 14.5. The molecule has 0 amide bonds. The monoisotopic (exact) mass is 1250 g/mol. The molecule has 4 rings (SSSR count). The standard InChI is InChI=1S/3C17H29.4CO.F6P.3Fe.P4/c3*1-15(2,3)12-10-13(16(4,5)6)14(11-12)17(7,8)9;4*1-2;1-7(2,3,4,5)6;;;;1-2-4-3-1/h3*10-11H,1-9H3;;;;;;;;;/q;;;;;;;-1;;;;. The zero-order valence-electron chi connectivity index (χ0n) is 48.7. The first-order valence-electron chi connectivity index (χ1n) is 22.6. The van der Waals surface area contributed by atoms with Crippen molar-refractivity contribution < 1.29 is 95.0 Å². The van der Waals surface area contributed by atoms with Crippen LogP contribution in [0.5, 0.6) is 0 Å². The van der Waals surface area contributed by atoms with Crippen LogP contribution in [0.1, 0.15) is 187 Å². The molecule has 19 radical (unpaired) electrons. The molecule has 1 saturated heterocycles. The summed E-state index contributed by atoms with van der Waals surface area (Å²) in [6, 6.07) is 0. The van der Waals surface area contributed by atoms with Crippen LogP contribution in [0.2, 0.25) is 0 Å². The summed E-state index contributed by atoms with van der Waals surface area (Å²) in [4.78, 5) is 0. The zero-order valence-corrected chi connectivity index (χ0v) is 56.4. The molecule has 1 heterocycles. The van der Waals surface area contributed by atoms with E-state index in [0.29, 0.717) is 0 Å². The third-order valence-corrected chi connectivity index (χ3v) is 23.1. The third-order valence-electron chi connectivity index (χ3n) is 10.3. The van der Waals surface area contributed by atoms with Gasteiger partial charge in [0.2, 0.25) is 0 Å². The van der Waals surface area contributed by atoms with Crippen molar-refractivity contribution in [2.75, 3.05) is 0 Å². The third kappa shape index (κ3) is 41.8. The van der Waals surface area contributed by atoms with Gasteiger partial charge in [-0.05, 0) is 141 Å². The Balaban J connectivity index is -0.000000121. The molecule has 0 atom stereocenters. The second-order valence-electron chi connectivity index (χ2n) is 26.3. The van der Waals surface area contributed by atoms with Crippen LogP contribution in [-0.2, 0) is 69.8 Å². The van der Waals surface area contributed by atoms with Crippen molar-refractivity contribution in [1.82, 2.24) is 0 Å². The molecular weight excluding hydrogens is 1160 g/mol. The normalized spacial score (nSPS) is 20.6. The Morgan fingerprint density at radius 3 is 0.384 bits per heavy atom. The van der Waals surface area contributed by atoms with Gasteiger partial charge in [0.05, 0.1) is 0 Å². The van der Waals surface area contributed by atoms with Crippen LogP contribution in [0.3, 0.4) is 0 Å². The van der Waals surface area contributed by atoms with Gasteiger partial charge in [-0.15, -0.1) is 0 Å². The quantitative estimate of drug-likeness (QED) is 0.0762. The Kier molecular flexibility index (Phi) is 42.7. The van der Waals surface area contributed by atoms with E-state index in [2.05, 4.69) is 252 Å². The Hall–Kier alpha value is 2.25. The Morgan fingerprint density at radius 1 is 0.260 bits per heavy atom. The second-order valence-corrected chi connectivity index (χ2v) is 37.5. The molecule has 73 heavy (non-hydrogen) atoms. The average Bonchev–Trinajstić information content (AvgIpc) is 3.87. The molecule has 3 saturated carbocycles. The minimum absolute atomic E-state index is 0. The second kappa shape index (κ2) is 34.0. The molecule has 4 nitrogen and oxygen atoms in total. The fourth-order valence-electron chi connectivity index (χ4n) is 6.59. The smallest absolute Gasteiger partial charge is 0 e. The Bertz CT molecular complexity index is 1320. The summed E-state index contributed by atoms with van der Waals surface area (Å²) < 4.78 is 89.2. The molecule has 4 aliphatic rings. The molecule has 0 bridgehead atoms.